The molecule has 0 bridgehead atoms. The molecule has 0 saturated heterocycles. The number of hydrogen-bond acceptors (Lipinski definition) is 5. The summed E-state index contributed by atoms with van der Waals surface area (Å²) in [5.41, 5.74) is 7.36. The molecule has 4 N–H and O–H groups in total. The highest BCUT2D eigenvalue weighted by atomic mass is 16.4. The summed E-state index contributed by atoms with van der Waals surface area (Å²) in [5.74, 6) is 1.27. The standard InChI is InChI=1S/C11H17N3O3/c1-13-8-6-11(14(2-4-15)3-5-16)17-9(8)7-10(13)12/h6-7,15-16H,2-5,12H2,1H3. The normalized spacial score (nSPS) is 11.2. The zero-order valence-electron chi connectivity index (χ0n) is 9.76. The molecule has 0 amide bonds. The Hall–Kier alpha value is -1.66. The molecule has 0 aliphatic rings. The van der Waals surface area contributed by atoms with Gasteiger partial charge >= 0.3 is 0 Å². The van der Waals surface area contributed by atoms with Gasteiger partial charge in [0.05, 0.1) is 18.7 Å². The lowest BCUT2D eigenvalue weighted by Crippen LogP contribution is -2.29. The Labute approximate surface area is 98.8 Å². The number of anilines is 2. The van der Waals surface area contributed by atoms with Crippen molar-refractivity contribution in [3.63, 3.8) is 0 Å². The van der Waals surface area contributed by atoms with E-state index in [4.69, 9.17) is 20.4 Å². The van der Waals surface area contributed by atoms with Gasteiger partial charge in [0.25, 0.3) is 0 Å². The molecule has 2 rings (SSSR count). The van der Waals surface area contributed by atoms with Gasteiger partial charge in [-0.25, -0.2) is 0 Å². The number of nitrogen functional groups attached to an aromatic ring is 1. The quantitative estimate of drug-likeness (QED) is 0.691. The molecule has 0 aliphatic heterocycles. The van der Waals surface area contributed by atoms with Gasteiger partial charge in [-0.15, -0.1) is 0 Å². The van der Waals surface area contributed by atoms with Gasteiger partial charge in [-0.3, -0.25) is 0 Å². The first-order chi connectivity index (χ1) is 8.17. The molecule has 2 aromatic rings. The fourth-order valence-corrected chi connectivity index (χ4v) is 1.85. The predicted octanol–water partition coefficient (Wildman–Crippen LogP) is 0.144. The molecule has 0 atom stereocenters. The van der Waals surface area contributed by atoms with Crippen LogP contribution < -0.4 is 10.6 Å². The number of nitrogens with zero attached hydrogens (tertiary/aromatic N) is 2. The van der Waals surface area contributed by atoms with Gasteiger partial charge in [0.1, 0.15) is 5.82 Å². The number of hydrogen-bond donors (Lipinski definition) is 3. The monoisotopic (exact) mass is 239 g/mol. The van der Waals surface area contributed by atoms with Crippen molar-refractivity contribution in [2.75, 3.05) is 36.9 Å². The van der Waals surface area contributed by atoms with E-state index in [1.54, 1.807) is 11.0 Å². The summed E-state index contributed by atoms with van der Waals surface area (Å²) in [5, 5.41) is 17.9. The van der Waals surface area contributed by atoms with Gasteiger partial charge < -0.3 is 29.8 Å². The zero-order valence-corrected chi connectivity index (χ0v) is 9.76. The van der Waals surface area contributed by atoms with Crippen molar-refractivity contribution >= 4 is 22.8 Å². The van der Waals surface area contributed by atoms with Crippen LogP contribution >= 0.6 is 0 Å². The maximum absolute atomic E-state index is 8.96. The minimum Gasteiger partial charge on any atom is -0.439 e. The molecule has 2 heterocycles. The fourth-order valence-electron chi connectivity index (χ4n) is 1.85. The zero-order chi connectivity index (χ0) is 12.4. The molecule has 17 heavy (non-hydrogen) atoms. The molecule has 0 saturated carbocycles. The van der Waals surface area contributed by atoms with E-state index in [9.17, 15) is 0 Å². The first-order valence-electron chi connectivity index (χ1n) is 5.48. The minimum atomic E-state index is 0.0131. The van der Waals surface area contributed by atoms with Crippen LogP contribution in [0.5, 0.6) is 0 Å². The second-order valence-electron chi connectivity index (χ2n) is 3.90. The summed E-state index contributed by atoms with van der Waals surface area (Å²) >= 11 is 0. The molecule has 0 spiro atoms. The van der Waals surface area contributed by atoms with Crippen LogP contribution in [0.15, 0.2) is 16.5 Å². The largest absolute Gasteiger partial charge is 0.439 e. The topological polar surface area (TPSA) is 87.8 Å². The highest BCUT2D eigenvalue weighted by Gasteiger charge is 2.14. The number of aliphatic hydroxyl groups is 2. The number of aryl methyl sites for hydroxylation is 1. The van der Waals surface area contributed by atoms with E-state index in [2.05, 4.69) is 0 Å². The summed E-state index contributed by atoms with van der Waals surface area (Å²) in [6.45, 7) is 0.879. The number of aliphatic hydroxyl groups excluding tert-OH is 2. The molecule has 94 valence electrons. The smallest absolute Gasteiger partial charge is 0.198 e. The Morgan fingerprint density at radius 2 is 1.94 bits per heavy atom. The number of aromatic nitrogens is 1. The van der Waals surface area contributed by atoms with E-state index in [0.29, 0.717) is 30.4 Å². The Balaban J connectivity index is 2.34. The molecule has 2 aromatic heterocycles. The first kappa shape index (κ1) is 11.8. The van der Waals surface area contributed by atoms with E-state index in [0.717, 1.165) is 5.52 Å². The van der Waals surface area contributed by atoms with Gasteiger partial charge in [-0.1, -0.05) is 0 Å². The fraction of sp³-hybridized carbons (Fsp3) is 0.455. The average Bonchev–Trinajstić information content (AvgIpc) is 2.81. The van der Waals surface area contributed by atoms with Crippen LogP contribution in [0.25, 0.3) is 11.1 Å². The SMILES string of the molecule is Cn1c(N)cc2oc(N(CCO)CCO)cc21. The lowest BCUT2D eigenvalue weighted by atomic mass is 10.4. The Kier molecular flexibility index (Phi) is 3.26. The summed E-state index contributed by atoms with van der Waals surface area (Å²) in [6, 6.07) is 3.62. The summed E-state index contributed by atoms with van der Waals surface area (Å²) in [6.07, 6.45) is 0. The van der Waals surface area contributed by atoms with E-state index < -0.39 is 0 Å². The lowest BCUT2D eigenvalue weighted by Gasteiger charge is -2.19. The third kappa shape index (κ3) is 2.09. The maximum atomic E-state index is 8.96. The van der Waals surface area contributed by atoms with Crippen molar-refractivity contribution in [1.82, 2.24) is 4.57 Å². The average molecular weight is 239 g/mol. The summed E-state index contributed by atoms with van der Waals surface area (Å²) in [7, 11) is 1.86. The second kappa shape index (κ2) is 4.68. The van der Waals surface area contributed by atoms with Crippen LogP contribution in [-0.2, 0) is 7.05 Å². The number of fused-ring (bicyclic) bond motifs is 1. The Morgan fingerprint density at radius 1 is 1.29 bits per heavy atom. The van der Waals surface area contributed by atoms with Gasteiger partial charge in [-0.2, -0.15) is 0 Å². The lowest BCUT2D eigenvalue weighted by molar-refractivity contribution is 0.278. The van der Waals surface area contributed by atoms with Gasteiger partial charge in [-0.05, 0) is 0 Å². The van der Waals surface area contributed by atoms with Crippen LogP contribution in [0.4, 0.5) is 11.7 Å². The van der Waals surface area contributed by atoms with Crippen LogP contribution in [0.1, 0.15) is 0 Å². The van der Waals surface area contributed by atoms with Crippen LogP contribution in [0.2, 0.25) is 0 Å². The highest BCUT2D eigenvalue weighted by Crippen LogP contribution is 2.29. The molecular formula is C11H17N3O3. The summed E-state index contributed by atoms with van der Waals surface area (Å²) < 4.78 is 7.47. The van der Waals surface area contributed by atoms with Crippen LogP contribution in [0, 0.1) is 0 Å². The third-order valence-corrected chi connectivity index (χ3v) is 2.81. The van der Waals surface area contributed by atoms with Gasteiger partial charge in [0, 0.05) is 32.3 Å². The van der Waals surface area contributed by atoms with Crippen LogP contribution in [-0.4, -0.2) is 41.1 Å². The van der Waals surface area contributed by atoms with Crippen molar-refractivity contribution < 1.29 is 14.6 Å². The Bertz CT molecular complexity index is 497. The molecule has 0 unspecified atom stereocenters. The van der Waals surface area contributed by atoms with Crippen molar-refractivity contribution in [3.8, 4) is 0 Å². The van der Waals surface area contributed by atoms with Crippen LogP contribution in [0.3, 0.4) is 0 Å². The maximum Gasteiger partial charge on any atom is 0.198 e. The molecule has 0 aliphatic carbocycles. The number of nitrogens with two attached hydrogens (primary N) is 1. The predicted molar refractivity (Wildman–Crippen MR) is 66.0 cm³/mol. The van der Waals surface area contributed by atoms with E-state index in [1.807, 2.05) is 17.7 Å². The van der Waals surface area contributed by atoms with Crippen molar-refractivity contribution in [2.24, 2.45) is 7.05 Å². The third-order valence-electron chi connectivity index (χ3n) is 2.81. The molecule has 0 aromatic carbocycles. The van der Waals surface area contributed by atoms with Crippen molar-refractivity contribution in [3.05, 3.63) is 12.1 Å². The highest BCUT2D eigenvalue weighted by molar-refractivity contribution is 5.82. The van der Waals surface area contributed by atoms with Crippen molar-refractivity contribution in [2.45, 2.75) is 0 Å². The second-order valence-corrected chi connectivity index (χ2v) is 3.90. The van der Waals surface area contributed by atoms with Gasteiger partial charge in [0.2, 0.25) is 0 Å². The van der Waals surface area contributed by atoms with Gasteiger partial charge in [0.15, 0.2) is 11.5 Å². The number of furan rings is 1. The molecule has 6 heteroatoms. The summed E-state index contributed by atoms with van der Waals surface area (Å²) in [4.78, 5) is 1.79. The van der Waals surface area contributed by atoms with E-state index >= 15 is 0 Å². The minimum absolute atomic E-state index is 0.0131. The Morgan fingerprint density at radius 3 is 2.47 bits per heavy atom. The van der Waals surface area contributed by atoms with E-state index in [-0.39, 0.29) is 13.2 Å². The molecule has 6 nitrogen and oxygen atoms in total. The molecule has 0 fully saturated rings. The molecular weight excluding hydrogens is 222 g/mol. The number of rotatable bonds is 5. The molecule has 0 radical (unpaired) electrons. The van der Waals surface area contributed by atoms with Crippen molar-refractivity contribution in [1.29, 1.82) is 0 Å². The van der Waals surface area contributed by atoms with E-state index in [1.165, 1.54) is 0 Å². The first-order valence-corrected chi connectivity index (χ1v) is 5.48.